The number of hydrogen-bond donors (Lipinski definition) is 1. The quantitative estimate of drug-likeness (QED) is 0.738. The van der Waals surface area contributed by atoms with Crippen LogP contribution in [0.25, 0.3) is 0 Å². The van der Waals surface area contributed by atoms with Crippen LogP contribution in [0.3, 0.4) is 0 Å². The zero-order valence-corrected chi connectivity index (χ0v) is 19.7. The Morgan fingerprint density at radius 1 is 1.39 bits per heavy atom. The molecule has 1 saturated heterocycles. The lowest BCUT2D eigenvalue weighted by atomic mass is 9.73. The first kappa shape index (κ1) is 23.4. The summed E-state index contributed by atoms with van der Waals surface area (Å²) in [4.78, 5) is 35.9. The molecule has 3 atom stereocenters. The van der Waals surface area contributed by atoms with Crippen LogP contribution >= 0.6 is 0 Å². The standard InChI is InChI=1S/C23H31FN4O5/c1-13-8-16-19(29)28(5)20(26-21(30)33-22(2,3)4)27-23(16,12-32-13)15-9-18(25-10-17(15)24)31-11-14-6-7-14/h9-10,13-14,16H,6-8,11-12H2,1-5H3,(H,26,27,30)/t13-,16-,23+/m0/s1. The van der Waals surface area contributed by atoms with Crippen molar-refractivity contribution in [3.05, 3.63) is 23.6 Å². The second-order valence-corrected chi connectivity index (χ2v) is 10.1. The maximum Gasteiger partial charge on any atom is 0.414 e. The summed E-state index contributed by atoms with van der Waals surface area (Å²) in [5.41, 5.74) is -1.95. The van der Waals surface area contributed by atoms with Crippen molar-refractivity contribution in [1.82, 2.24) is 15.2 Å². The summed E-state index contributed by atoms with van der Waals surface area (Å²) in [7, 11) is 1.52. The SMILES string of the molecule is C[C@H]1C[C@H]2C(=O)N(C)C(NC(=O)OC(C)(C)C)=N[C@@]2(c2cc(OCC3CC3)ncc2F)CO1. The predicted octanol–water partition coefficient (Wildman–Crippen LogP) is 2.98. The highest BCUT2D eigenvalue weighted by Gasteiger charge is 2.54. The average molecular weight is 463 g/mol. The second-order valence-electron chi connectivity index (χ2n) is 10.1. The molecule has 1 saturated carbocycles. The number of nitrogens with one attached hydrogen (secondary N) is 1. The van der Waals surface area contributed by atoms with Gasteiger partial charge in [-0.25, -0.2) is 19.2 Å². The number of amides is 2. The molecule has 9 nitrogen and oxygen atoms in total. The highest BCUT2D eigenvalue weighted by Crippen LogP contribution is 2.46. The largest absolute Gasteiger partial charge is 0.477 e. The van der Waals surface area contributed by atoms with Gasteiger partial charge in [-0.1, -0.05) is 0 Å². The molecular weight excluding hydrogens is 431 g/mol. The number of hydrogen-bond acceptors (Lipinski definition) is 7. The van der Waals surface area contributed by atoms with E-state index in [-0.39, 0.29) is 36.0 Å². The molecule has 3 heterocycles. The highest BCUT2D eigenvalue weighted by molar-refractivity contribution is 6.05. The Bertz CT molecular complexity index is 974. The Morgan fingerprint density at radius 3 is 2.79 bits per heavy atom. The number of alkyl carbamates (subject to hydrolysis) is 1. The Hall–Kier alpha value is -2.75. The molecule has 0 radical (unpaired) electrons. The summed E-state index contributed by atoms with van der Waals surface area (Å²) in [5.74, 6) is -0.840. The van der Waals surface area contributed by atoms with Gasteiger partial charge in [0.2, 0.25) is 17.7 Å². The minimum absolute atomic E-state index is 0.0269. The monoisotopic (exact) mass is 462 g/mol. The van der Waals surface area contributed by atoms with Crippen molar-refractivity contribution >= 4 is 18.0 Å². The number of fused-ring (bicyclic) bond motifs is 1. The smallest absolute Gasteiger partial charge is 0.414 e. The van der Waals surface area contributed by atoms with Crippen molar-refractivity contribution in [2.75, 3.05) is 20.3 Å². The van der Waals surface area contributed by atoms with Crippen LogP contribution in [-0.2, 0) is 19.8 Å². The van der Waals surface area contributed by atoms with Gasteiger partial charge in [0, 0.05) is 18.7 Å². The molecule has 0 spiro atoms. The number of carbonyl (C=O) groups excluding carboxylic acids is 2. The third-order valence-corrected chi connectivity index (χ3v) is 6.06. The summed E-state index contributed by atoms with van der Waals surface area (Å²) in [6, 6.07) is 1.50. The fraction of sp³-hybridized carbons (Fsp3) is 0.652. The number of carbonyl (C=O) groups is 2. The van der Waals surface area contributed by atoms with Gasteiger partial charge in [-0.15, -0.1) is 0 Å². The first-order chi connectivity index (χ1) is 15.5. The predicted molar refractivity (Wildman–Crippen MR) is 117 cm³/mol. The van der Waals surface area contributed by atoms with E-state index in [2.05, 4.69) is 10.3 Å². The Kier molecular flexibility index (Phi) is 6.07. The van der Waals surface area contributed by atoms with Crippen molar-refractivity contribution in [2.45, 2.75) is 64.2 Å². The van der Waals surface area contributed by atoms with Gasteiger partial charge >= 0.3 is 6.09 Å². The second kappa shape index (κ2) is 8.55. The maximum absolute atomic E-state index is 15.2. The van der Waals surface area contributed by atoms with Crippen LogP contribution in [0.2, 0.25) is 0 Å². The Labute approximate surface area is 192 Å². The molecule has 4 rings (SSSR count). The summed E-state index contributed by atoms with van der Waals surface area (Å²) in [6.45, 7) is 7.54. The van der Waals surface area contributed by atoms with E-state index in [0.29, 0.717) is 18.9 Å². The Morgan fingerprint density at radius 2 is 2.12 bits per heavy atom. The van der Waals surface area contributed by atoms with E-state index in [4.69, 9.17) is 19.2 Å². The number of pyridine rings is 1. The summed E-state index contributed by atoms with van der Waals surface area (Å²) in [5, 5.41) is 2.55. The lowest BCUT2D eigenvalue weighted by Gasteiger charge is -2.47. The minimum atomic E-state index is -1.37. The van der Waals surface area contributed by atoms with E-state index in [1.54, 1.807) is 20.8 Å². The summed E-state index contributed by atoms with van der Waals surface area (Å²) in [6.07, 6.45) is 2.69. The van der Waals surface area contributed by atoms with E-state index in [1.807, 2.05) is 6.92 Å². The summed E-state index contributed by atoms with van der Waals surface area (Å²) >= 11 is 0. The van der Waals surface area contributed by atoms with Crippen molar-refractivity contribution in [3.8, 4) is 5.88 Å². The van der Waals surface area contributed by atoms with Gasteiger partial charge in [0.15, 0.2) is 0 Å². The van der Waals surface area contributed by atoms with E-state index in [1.165, 1.54) is 18.0 Å². The van der Waals surface area contributed by atoms with Gasteiger partial charge in [0.05, 0.1) is 31.4 Å². The minimum Gasteiger partial charge on any atom is -0.477 e. The third-order valence-electron chi connectivity index (χ3n) is 6.06. The van der Waals surface area contributed by atoms with Crippen LogP contribution in [0.15, 0.2) is 17.3 Å². The normalized spacial score (nSPS) is 27.5. The molecule has 0 bridgehead atoms. The maximum atomic E-state index is 15.2. The lowest BCUT2D eigenvalue weighted by Crippen LogP contribution is -2.61. The van der Waals surface area contributed by atoms with Crippen molar-refractivity contribution in [2.24, 2.45) is 16.8 Å². The molecular formula is C23H31FN4O5. The lowest BCUT2D eigenvalue weighted by molar-refractivity contribution is -0.144. The molecule has 0 unspecified atom stereocenters. The number of guanidine groups is 1. The molecule has 1 aromatic heterocycles. The van der Waals surface area contributed by atoms with Crippen LogP contribution in [0.5, 0.6) is 5.88 Å². The zero-order valence-electron chi connectivity index (χ0n) is 19.7. The molecule has 3 aliphatic rings. The van der Waals surface area contributed by atoms with Crippen LogP contribution in [0.1, 0.15) is 52.5 Å². The average Bonchev–Trinajstić information content (AvgIpc) is 3.55. The topological polar surface area (TPSA) is 102 Å². The van der Waals surface area contributed by atoms with E-state index in [0.717, 1.165) is 19.0 Å². The molecule has 0 aromatic carbocycles. The van der Waals surface area contributed by atoms with Gasteiger partial charge in [0.25, 0.3) is 0 Å². The van der Waals surface area contributed by atoms with E-state index >= 15 is 4.39 Å². The molecule has 1 aromatic rings. The van der Waals surface area contributed by atoms with Gasteiger partial charge in [-0.05, 0) is 52.9 Å². The third kappa shape index (κ3) is 4.95. The number of rotatable bonds is 4. The first-order valence-electron chi connectivity index (χ1n) is 11.3. The van der Waals surface area contributed by atoms with Gasteiger partial charge < -0.3 is 14.2 Å². The van der Waals surface area contributed by atoms with E-state index in [9.17, 15) is 9.59 Å². The molecule has 10 heteroatoms. The van der Waals surface area contributed by atoms with Gasteiger partial charge in [-0.2, -0.15) is 0 Å². The molecule has 2 aliphatic heterocycles. The molecule has 2 fully saturated rings. The molecule has 180 valence electrons. The van der Waals surface area contributed by atoms with Gasteiger partial charge in [-0.3, -0.25) is 15.0 Å². The van der Waals surface area contributed by atoms with Crippen LogP contribution in [0.4, 0.5) is 9.18 Å². The van der Waals surface area contributed by atoms with Crippen molar-refractivity contribution < 1.29 is 28.2 Å². The number of aromatic nitrogens is 1. The molecule has 33 heavy (non-hydrogen) atoms. The highest BCUT2D eigenvalue weighted by atomic mass is 19.1. The zero-order chi connectivity index (χ0) is 24.0. The molecule has 2 amide bonds. The number of aliphatic imine (C=N–C) groups is 1. The number of halogens is 1. The Balaban J connectivity index is 1.74. The fourth-order valence-corrected chi connectivity index (χ4v) is 4.13. The molecule has 1 aliphatic carbocycles. The van der Waals surface area contributed by atoms with Crippen molar-refractivity contribution in [1.29, 1.82) is 0 Å². The fourth-order valence-electron chi connectivity index (χ4n) is 4.13. The number of nitrogens with zero attached hydrogens (tertiary/aromatic N) is 3. The van der Waals surface area contributed by atoms with E-state index < -0.39 is 29.0 Å². The van der Waals surface area contributed by atoms with Crippen LogP contribution < -0.4 is 10.1 Å². The van der Waals surface area contributed by atoms with Crippen LogP contribution in [-0.4, -0.2) is 59.8 Å². The summed E-state index contributed by atoms with van der Waals surface area (Å²) < 4.78 is 32.1. The van der Waals surface area contributed by atoms with Gasteiger partial charge in [0.1, 0.15) is 17.0 Å². The van der Waals surface area contributed by atoms with Crippen LogP contribution in [0, 0.1) is 17.7 Å². The molecule has 1 N–H and O–H groups in total. The number of ether oxygens (including phenoxy) is 3. The van der Waals surface area contributed by atoms with Crippen molar-refractivity contribution in [3.63, 3.8) is 0 Å². The first-order valence-corrected chi connectivity index (χ1v) is 11.3.